The lowest BCUT2D eigenvalue weighted by Gasteiger charge is -2.36. The first-order valence-electron chi connectivity index (χ1n) is 9.24. The third kappa shape index (κ3) is 2.81. The van der Waals surface area contributed by atoms with Crippen LogP contribution < -0.4 is 5.32 Å². The van der Waals surface area contributed by atoms with Gasteiger partial charge in [-0.05, 0) is 45.1 Å². The quantitative estimate of drug-likeness (QED) is 0.901. The van der Waals surface area contributed by atoms with Crippen molar-refractivity contribution < 1.29 is 4.79 Å². The standard InChI is InChI=1S/C20H26N4O/c1-20(2)17(15-7-4-3-5-8-15)12-14-23(20)19(25)22-18-11-13-21-24(18)16-9-6-10-16/h3-5,7-8,11,13,16-17H,6,9-10,12,14H2,1-2H3,(H,22,25). The van der Waals surface area contributed by atoms with Crippen LogP contribution in [0.5, 0.6) is 0 Å². The maximum absolute atomic E-state index is 13.0. The molecule has 1 aromatic carbocycles. The lowest BCUT2D eigenvalue weighted by molar-refractivity contribution is 0.171. The normalized spacial score (nSPS) is 22.6. The fraction of sp³-hybridized carbons (Fsp3) is 0.500. The second-order valence-corrected chi connectivity index (χ2v) is 7.73. The molecule has 1 aromatic heterocycles. The van der Waals surface area contributed by atoms with Crippen LogP contribution in [0.3, 0.4) is 0 Å². The number of nitrogens with zero attached hydrogens (tertiary/aromatic N) is 3. The average Bonchev–Trinajstić information content (AvgIpc) is 3.10. The topological polar surface area (TPSA) is 50.2 Å². The number of likely N-dealkylation sites (tertiary alicyclic amines) is 1. The van der Waals surface area contributed by atoms with Crippen LogP contribution in [0.4, 0.5) is 10.6 Å². The Morgan fingerprint density at radius 3 is 2.60 bits per heavy atom. The van der Waals surface area contributed by atoms with E-state index in [1.165, 1.54) is 12.0 Å². The molecule has 1 aliphatic heterocycles. The zero-order valence-corrected chi connectivity index (χ0v) is 15.0. The summed E-state index contributed by atoms with van der Waals surface area (Å²) < 4.78 is 1.97. The van der Waals surface area contributed by atoms with Gasteiger partial charge in [0.05, 0.1) is 12.2 Å². The van der Waals surface area contributed by atoms with Crippen molar-refractivity contribution in [2.75, 3.05) is 11.9 Å². The molecule has 0 spiro atoms. The fourth-order valence-electron chi connectivity index (χ4n) is 4.22. The lowest BCUT2D eigenvalue weighted by atomic mass is 9.83. The van der Waals surface area contributed by atoms with E-state index in [-0.39, 0.29) is 11.6 Å². The van der Waals surface area contributed by atoms with Crippen molar-refractivity contribution in [2.24, 2.45) is 0 Å². The largest absolute Gasteiger partial charge is 0.323 e. The molecule has 25 heavy (non-hydrogen) atoms. The number of carbonyl (C=O) groups excluding carboxylic acids is 1. The van der Waals surface area contributed by atoms with Gasteiger partial charge in [-0.2, -0.15) is 5.10 Å². The van der Waals surface area contributed by atoms with Gasteiger partial charge in [0.25, 0.3) is 0 Å². The molecule has 0 bridgehead atoms. The number of carbonyl (C=O) groups is 1. The first kappa shape index (κ1) is 16.2. The van der Waals surface area contributed by atoms with Gasteiger partial charge in [-0.25, -0.2) is 9.48 Å². The Balaban J connectivity index is 1.50. The molecule has 1 saturated heterocycles. The van der Waals surface area contributed by atoms with Crippen molar-refractivity contribution in [1.82, 2.24) is 14.7 Å². The second kappa shape index (κ2) is 6.21. The molecule has 5 heteroatoms. The first-order valence-corrected chi connectivity index (χ1v) is 9.24. The highest BCUT2D eigenvalue weighted by Gasteiger charge is 2.44. The van der Waals surface area contributed by atoms with E-state index in [1.807, 2.05) is 21.7 Å². The molecule has 1 unspecified atom stereocenters. The highest BCUT2D eigenvalue weighted by atomic mass is 16.2. The summed E-state index contributed by atoms with van der Waals surface area (Å²) in [6.07, 6.45) is 6.31. The van der Waals surface area contributed by atoms with Crippen molar-refractivity contribution >= 4 is 11.8 Å². The first-order chi connectivity index (χ1) is 12.1. The molecule has 2 amide bonds. The monoisotopic (exact) mass is 338 g/mol. The molecule has 1 N–H and O–H groups in total. The van der Waals surface area contributed by atoms with Crippen LogP contribution in [0.1, 0.15) is 57.1 Å². The van der Waals surface area contributed by atoms with Gasteiger partial charge in [-0.1, -0.05) is 30.3 Å². The minimum absolute atomic E-state index is 0.0236. The summed E-state index contributed by atoms with van der Waals surface area (Å²) in [5.41, 5.74) is 1.09. The Kier molecular flexibility index (Phi) is 4.02. The van der Waals surface area contributed by atoms with Crippen LogP contribution in [0.25, 0.3) is 0 Å². The molecule has 4 rings (SSSR count). The smallest absolute Gasteiger partial charge is 0.319 e. The third-order valence-electron chi connectivity index (χ3n) is 5.96. The van der Waals surface area contributed by atoms with E-state index in [0.717, 1.165) is 31.6 Å². The minimum Gasteiger partial charge on any atom is -0.319 e. The summed E-state index contributed by atoms with van der Waals surface area (Å²) in [5, 5.41) is 7.50. The summed E-state index contributed by atoms with van der Waals surface area (Å²) in [6, 6.07) is 12.8. The van der Waals surface area contributed by atoms with Gasteiger partial charge in [0.15, 0.2) is 0 Å². The van der Waals surface area contributed by atoms with Crippen LogP contribution in [0.15, 0.2) is 42.6 Å². The second-order valence-electron chi connectivity index (χ2n) is 7.73. The van der Waals surface area contributed by atoms with Gasteiger partial charge < -0.3 is 4.90 Å². The van der Waals surface area contributed by atoms with Gasteiger partial charge in [0.2, 0.25) is 0 Å². The van der Waals surface area contributed by atoms with Crippen LogP contribution in [-0.2, 0) is 0 Å². The number of nitrogens with one attached hydrogen (secondary N) is 1. The molecule has 132 valence electrons. The number of urea groups is 1. The van der Waals surface area contributed by atoms with Crippen LogP contribution >= 0.6 is 0 Å². The zero-order chi connectivity index (χ0) is 17.4. The number of hydrogen-bond donors (Lipinski definition) is 1. The van der Waals surface area contributed by atoms with E-state index in [4.69, 9.17) is 0 Å². The van der Waals surface area contributed by atoms with E-state index >= 15 is 0 Å². The maximum Gasteiger partial charge on any atom is 0.323 e. The van der Waals surface area contributed by atoms with E-state index in [0.29, 0.717) is 12.0 Å². The van der Waals surface area contributed by atoms with E-state index < -0.39 is 0 Å². The lowest BCUT2D eigenvalue weighted by Crippen LogP contribution is -2.47. The molecule has 1 saturated carbocycles. The summed E-state index contributed by atoms with van der Waals surface area (Å²) in [6.45, 7) is 5.11. The van der Waals surface area contributed by atoms with Crippen LogP contribution in [0.2, 0.25) is 0 Å². The van der Waals surface area contributed by atoms with Gasteiger partial charge in [0, 0.05) is 24.1 Å². The van der Waals surface area contributed by atoms with Crippen molar-refractivity contribution in [2.45, 2.75) is 57.0 Å². The summed E-state index contributed by atoms with van der Waals surface area (Å²) in [4.78, 5) is 14.9. The number of amides is 2. The Hall–Kier alpha value is -2.30. The Morgan fingerprint density at radius 2 is 1.92 bits per heavy atom. The van der Waals surface area contributed by atoms with E-state index in [1.54, 1.807) is 6.20 Å². The fourth-order valence-corrected chi connectivity index (χ4v) is 4.22. The Bertz CT molecular complexity index is 748. The number of hydrogen-bond acceptors (Lipinski definition) is 2. The Morgan fingerprint density at radius 1 is 1.16 bits per heavy atom. The van der Waals surface area contributed by atoms with Crippen LogP contribution in [-0.4, -0.2) is 32.8 Å². The minimum atomic E-state index is -0.216. The zero-order valence-electron chi connectivity index (χ0n) is 15.0. The SMILES string of the molecule is CC1(C)C(c2ccccc2)CCN1C(=O)Nc1ccnn1C1CCC1. The van der Waals surface area contributed by atoms with E-state index in [9.17, 15) is 4.79 Å². The van der Waals surface area contributed by atoms with Gasteiger partial charge in [-0.15, -0.1) is 0 Å². The molecule has 2 aliphatic rings. The predicted octanol–water partition coefficient (Wildman–Crippen LogP) is 4.41. The van der Waals surface area contributed by atoms with Gasteiger partial charge in [0.1, 0.15) is 5.82 Å². The molecule has 1 aliphatic carbocycles. The van der Waals surface area contributed by atoms with Crippen molar-refractivity contribution in [3.63, 3.8) is 0 Å². The highest BCUT2D eigenvalue weighted by molar-refractivity contribution is 5.89. The molecular weight excluding hydrogens is 312 g/mol. The number of benzene rings is 1. The summed E-state index contributed by atoms with van der Waals surface area (Å²) in [5.74, 6) is 1.17. The van der Waals surface area contributed by atoms with Gasteiger partial charge in [-0.3, -0.25) is 5.32 Å². The van der Waals surface area contributed by atoms with Crippen molar-refractivity contribution in [3.8, 4) is 0 Å². The number of aromatic nitrogens is 2. The number of anilines is 1. The Labute approximate surface area is 149 Å². The third-order valence-corrected chi connectivity index (χ3v) is 5.96. The maximum atomic E-state index is 13.0. The summed E-state index contributed by atoms with van der Waals surface area (Å²) >= 11 is 0. The molecular formula is C20H26N4O. The molecule has 2 heterocycles. The molecule has 0 radical (unpaired) electrons. The average molecular weight is 338 g/mol. The molecule has 5 nitrogen and oxygen atoms in total. The van der Waals surface area contributed by atoms with Crippen molar-refractivity contribution in [1.29, 1.82) is 0 Å². The predicted molar refractivity (Wildman–Crippen MR) is 98.7 cm³/mol. The molecule has 2 aromatic rings. The van der Waals surface area contributed by atoms with Crippen molar-refractivity contribution in [3.05, 3.63) is 48.2 Å². The van der Waals surface area contributed by atoms with E-state index in [2.05, 4.69) is 48.5 Å². The number of rotatable bonds is 3. The molecule has 1 atom stereocenters. The summed E-state index contributed by atoms with van der Waals surface area (Å²) in [7, 11) is 0. The molecule has 2 fully saturated rings. The highest BCUT2D eigenvalue weighted by Crippen LogP contribution is 2.42. The van der Waals surface area contributed by atoms with Gasteiger partial charge >= 0.3 is 6.03 Å². The van der Waals surface area contributed by atoms with Crippen LogP contribution in [0, 0.1) is 0 Å².